The zero-order valence-electron chi connectivity index (χ0n) is 11.7. The van der Waals surface area contributed by atoms with Crippen LogP contribution in [-0.2, 0) is 6.42 Å². The molecule has 1 aliphatic heterocycles. The van der Waals surface area contributed by atoms with E-state index in [4.69, 9.17) is 11.6 Å². The van der Waals surface area contributed by atoms with Gasteiger partial charge in [-0.2, -0.15) is 0 Å². The van der Waals surface area contributed by atoms with Crippen LogP contribution in [-0.4, -0.2) is 30.1 Å². The Hall–Kier alpha value is -1.81. The molecule has 1 aliphatic rings. The molecule has 3 rings (SSSR count). The van der Waals surface area contributed by atoms with Crippen LogP contribution < -0.4 is 9.80 Å². The van der Waals surface area contributed by atoms with Gasteiger partial charge in [-0.15, -0.1) is 0 Å². The number of nitrogens with zero attached hydrogens (tertiary/aromatic N) is 4. The number of hydrogen-bond acceptors (Lipinski definition) is 4. The van der Waals surface area contributed by atoms with E-state index in [0.29, 0.717) is 5.15 Å². The molecule has 0 spiro atoms. The molecule has 0 saturated heterocycles. The molecule has 104 valence electrons. The topological polar surface area (TPSA) is 32.3 Å². The van der Waals surface area contributed by atoms with Gasteiger partial charge in [-0.25, -0.2) is 9.97 Å². The summed E-state index contributed by atoms with van der Waals surface area (Å²) in [6, 6.07) is 8.38. The Balaban J connectivity index is 2.13. The van der Waals surface area contributed by atoms with Gasteiger partial charge >= 0.3 is 0 Å². The highest BCUT2D eigenvalue weighted by Gasteiger charge is 2.24. The fourth-order valence-electron chi connectivity index (χ4n) is 2.65. The molecule has 20 heavy (non-hydrogen) atoms. The summed E-state index contributed by atoms with van der Waals surface area (Å²) in [5, 5.41) is 0.550. The van der Waals surface area contributed by atoms with Gasteiger partial charge in [0.05, 0.1) is 11.4 Å². The van der Waals surface area contributed by atoms with Crippen molar-refractivity contribution in [2.75, 3.05) is 29.9 Å². The number of aromatic nitrogens is 2. The van der Waals surface area contributed by atoms with E-state index >= 15 is 0 Å². The van der Waals surface area contributed by atoms with Gasteiger partial charge in [-0.1, -0.05) is 30.7 Å². The lowest BCUT2D eigenvalue weighted by atomic mass is 10.1. The summed E-state index contributed by atoms with van der Waals surface area (Å²) in [5.41, 5.74) is 3.40. The maximum atomic E-state index is 6.22. The molecule has 0 bridgehead atoms. The van der Waals surface area contributed by atoms with Gasteiger partial charge in [0, 0.05) is 25.7 Å². The van der Waals surface area contributed by atoms with E-state index in [1.807, 2.05) is 0 Å². The Bertz CT molecular complexity index is 629. The maximum absolute atomic E-state index is 6.22. The van der Waals surface area contributed by atoms with Crippen LogP contribution >= 0.6 is 11.6 Å². The second-order valence-corrected chi connectivity index (χ2v) is 5.24. The third-order valence-corrected chi connectivity index (χ3v) is 4.05. The molecule has 5 heteroatoms. The number of halogens is 1. The van der Waals surface area contributed by atoms with Crippen LogP contribution in [0.25, 0.3) is 0 Å². The van der Waals surface area contributed by atoms with Crippen LogP contribution in [0.15, 0.2) is 30.6 Å². The second-order valence-electron chi connectivity index (χ2n) is 4.88. The molecule has 2 heterocycles. The van der Waals surface area contributed by atoms with Crippen molar-refractivity contribution in [2.24, 2.45) is 0 Å². The zero-order chi connectivity index (χ0) is 14.1. The summed E-state index contributed by atoms with van der Waals surface area (Å²) < 4.78 is 0. The summed E-state index contributed by atoms with van der Waals surface area (Å²) in [6.07, 6.45) is 2.36. The molecular weight excluding hydrogens is 272 g/mol. The SMILES string of the molecule is CCc1c(Cl)ncnc1N1CCN(C)c2ccccc21. The predicted octanol–water partition coefficient (Wildman–Crippen LogP) is 3.28. The average Bonchev–Trinajstić information content (AvgIpc) is 2.48. The first kappa shape index (κ1) is 13.2. The lowest BCUT2D eigenvalue weighted by Crippen LogP contribution is -2.37. The Morgan fingerprint density at radius 1 is 1.15 bits per heavy atom. The monoisotopic (exact) mass is 288 g/mol. The smallest absolute Gasteiger partial charge is 0.141 e. The molecule has 0 unspecified atom stereocenters. The van der Waals surface area contributed by atoms with Crippen LogP contribution in [0.3, 0.4) is 0 Å². The number of para-hydroxylation sites is 2. The highest BCUT2D eigenvalue weighted by Crippen LogP contribution is 2.38. The van der Waals surface area contributed by atoms with Gasteiger partial charge in [-0.3, -0.25) is 0 Å². The maximum Gasteiger partial charge on any atom is 0.141 e. The van der Waals surface area contributed by atoms with Gasteiger partial charge in [0.2, 0.25) is 0 Å². The fourth-order valence-corrected chi connectivity index (χ4v) is 2.91. The number of likely N-dealkylation sites (N-methyl/N-ethyl adjacent to an activating group) is 1. The lowest BCUT2D eigenvalue weighted by Gasteiger charge is -2.37. The van der Waals surface area contributed by atoms with Gasteiger partial charge in [0.1, 0.15) is 17.3 Å². The van der Waals surface area contributed by atoms with Gasteiger partial charge < -0.3 is 9.80 Å². The van der Waals surface area contributed by atoms with Crippen molar-refractivity contribution in [2.45, 2.75) is 13.3 Å². The second kappa shape index (κ2) is 5.29. The van der Waals surface area contributed by atoms with E-state index in [1.54, 1.807) is 0 Å². The van der Waals surface area contributed by atoms with Crippen molar-refractivity contribution in [1.29, 1.82) is 0 Å². The summed E-state index contributed by atoms with van der Waals surface area (Å²) >= 11 is 6.22. The quantitative estimate of drug-likeness (QED) is 0.794. The molecule has 0 atom stereocenters. The average molecular weight is 289 g/mol. The molecule has 4 nitrogen and oxygen atoms in total. The van der Waals surface area contributed by atoms with Crippen molar-refractivity contribution in [3.63, 3.8) is 0 Å². The number of hydrogen-bond donors (Lipinski definition) is 0. The zero-order valence-corrected chi connectivity index (χ0v) is 12.4. The van der Waals surface area contributed by atoms with Crippen molar-refractivity contribution in [3.05, 3.63) is 41.3 Å². The first-order chi connectivity index (χ1) is 9.72. The molecule has 1 aromatic heterocycles. The third kappa shape index (κ3) is 2.10. The van der Waals surface area contributed by atoms with Crippen LogP contribution in [0, 0.1) is 0 Å². The highest BCUT2D eigenvalue weighted by molar-refractivity contribution is 6.30. The molecule has 0 radical (unpaired) electrons. The molecule has 0 saturated carbocycles. The number of benzene rings is 1. The van der Waals surface area contributed by atoms with E-state index < -0.39 is 0 Å². The summed E-state index contributed by atoms with van der Waals surface area (Å²) in [4.78, 5) is 13.1. The minimum atomic E-state index is 0.550. The molecule has 0 amide bonds. The Morgan fingerprint density at radius 3 is 2.65 bits per heavy atom. The summed E-state index contributed by atoms with van der Waals surface area (Å²) in [7, 11) is 2.11. The first-order valence-electron chi connectivity index (χ1n) is 6.79. The minimum absolute atomic E-state index is 0.550. The van der Waals surface area contributed by atoms with Gasteiger partial charge in [-0.05, 0) is 18.6 Å². The van der Waals surface area contributed by atoms with Crippen LogP contribution in [0.1, 0.15) is 12.5 Å². The molecule has 0 aliphatic carbocycles. The van der Waals surface area contributed by atoms with E-state index in [1.165, 1.54) is 17.7 Å². The third-order valence-electron chi connectivity index (χ3n) is 3.72. The van der Waals surface area contributed by atoms with E-state index in [-0.39, 0.29) is 0 Å². The van der Waals surface area contributed by atoms with E-state index in [9.17, 15) is 0 Å². The fraction of sp³-hybridized carbons (Fsp3) is 0.333. The molecule has 2 aromatic rings. The van der Waals surface area contributed by atoms with Crippen molar-refractivity contribution in [3.8, 4) is 0 Å². The Kier molecular flexibility index (Phi) is 3.49. The van der Waals surface area contributed by atoms with Crippen LogP contribution in [0.4, 0.5) is 17.2 Å². The minimum Gasteiger partial charge on any atom is -0.371 e. The van der Waals surface area contributed by atoms with Gasteiger partial charge in [0.15, 0.2) is 0 Å². The number of fused-ring (bicyclic) bond motifs is 1. The molecule has 1 aromatic carbocycles. The van der Waals surface area contributed by atoms with E-state index in [2.05, 4.69) is 58.0 Å². The Morgan fingerprint density at radius 2 is 1.90 bits per heavy atom. The standard InChI is InChI=1S/C15H17ClN4/c1-3-11-14(16)17-10-18-15(11)20-9-8-19(2)12-6-4-5-7-13(12)20/h4-7,10H,3,8-9H2,1-2H3. The largest absolute Gasteiger partial charge is 0.371 e. The lowest BCUT2D eigenvalue weighted by molar-refractivity contribution is 0.805. The van der Waals surface area contributed by atoms with Crippen molar-refractivity contribution < 1.29 is 0 Å². The van der Waals surface area contributed by atoms with E-state index in [0.717, 1.165) is 30.9 Å². The summed E-state index contributed by atoms with van der Waals surface area (Å²) in [5.74, 6) is 0.924. The predicted molar refractivity (Wildman–Crippen MR) is 83.1 cm³/mol. The van der Waals surface area contributed by atoms with Crippen LogP contribution in [0.5, 0.6) is 0 Å². The van der Waals surface area contributed by atoms with Crippen LogP contribution in [0.2, 0.25) is 5.15 Å². The molecule has 0 N–H and O–H groups in total. The molecule has 0 fully saturated rings. The number of anilines is 3. The number of rotatable bonds is 2. The van der Waals surface area contributed by atoms with Crippen molar-refractivity contribution in [1.82, 2.24) is 9.97 Å². The normalized spacial score (nSPS) is 14.3. The molecular formula is C15H17ClN4. The Labute approximate surface area is 124 Å². The summed E-state index contributed by atoms with van der Waals surface area (Å²) in [6.45, 7) is 3.94. The first-order valence-corrected chi connectivity index (χ1v) is 7.17. The van der Waals surface area contributed by atoms with Crippen molar-refractivity contribution >= 4 is 28.8 Å². The highest BCUT2D eigenvalue weighted by atomic mass is 35.5. The van der Waals surface area contributed by atoms with Gasteiger partial charge in [0.25, 0.3) is 0 Å².